The normalized spacial score (nSPS) is 26.6. The van der Waals surface area contributed by atoms with Crippen LogP contribution in [0.2, 0.25) is 5.02 Å². The van der Waals surface area contributed by atoms with Gasteiger partial charge in [-0.25, -0.2) is 0 Å². The number of nitro benzene ring substituents is 1. The van der Waals surface area contributed by atoms with Gasteiger partial charge in [-0.1, -0.05) is 11.6 Å². The summed E-state index contributed by atoms with van der Waals surface area (Å²) < 4.78 is 5.55. The van der Waals surface area contributed by atoms with Gasteiger partial charge in [-0.05, 0) is 31.9 Å². The lowest BCUT2D eigenvalue weighted by molar-refractivity contribution is -0.384. The Labute approximate surface area is 117 Å². The largest absolute Gasteiger partial charge is 0.377 e. The summed E-state index contributed by atoms with van der Waals surface area (Å²) in [6.07, 6.45) is 1.09. The molecule has 1 aromatic carbocycles. The number of benzene rings is 1. The molecule has 1 saturated heterocycles. The molecule has 104 valence electrons. The second kappa shape index (κ2) is 5.45. The van der Waals surface area contributed by atoms with E-state index in [2.05, 4.69) is 12.2 Å². The standard InChI is InChI=1S/C13H17ClN2O3/c1-9-13(2,5-6-19-9)15-8-10-3-4-11(16(17)18)7-12(10)14/h3-4,7,9,15H,5-6,8H2,1-2H3. The second-order valence-electron chi connectivity index (χ2n) is 5.07. The molecule has 5 nitrogen and oxygen atoms in total. The molecule has 1 N–H and O–H groups in total. The van der Waals surface area contributed by atoms with Crippen molar-refractivity contribution in [3.05, 3.63) is 38.9 Å². The van der Waals surface area contributed by atoms with Gasteiger partial charge < -0.3 is 10.1 Å². The van der Waals surface area contributed by atoms with Gasteiger partial charge in [0.2, 0.25) is 0 Å². The highest BCUT2D eigenvalue weighted by atomic mass is 35.5. The maximum absolute atomic E-state index is 10.6. The van der Waals surface area contributed by atoms with Crippen molar-refractivity contribution in [2.75, 3.05) is 6.61 Å². The van der Waals surface area contributed by atoms with E-state index in [0.29, 0.717) is 11.6 Å². The lowest BCUT2D eigenvalue weighted by Crippen LogP contribution is -2.47. The predicted molar refractivity (Wildman–Crippen MR) is 73.4 cm³/mol. The lowest BCUT2D eigenvalue weighted by atomic mass is 9.94. The van der Waals surface area contributed by atoms with Crippen molar-refractivity contribution in [1.29, 1.82) is 0 Å². The number of nitrogens with zero attached hydrogens (tertiary/aromatic N) is 1. The van der Waals surface area contributed by atoms with Gasteiger partial charge >= 0.3 is 0 Å². The third-order valence-corrected chi connectivity index (χ3v) is 4.17. The molecule has 0 aliphatic carbocycles. The molecule has 19 heavy (non-hydrogen) atoms. The molecule has 0 aromatic heterocycles. The molecular weight excluding hydrogens is 268 g/mol. The molecule has 0 amide bonds. The van der Waals surface area contributed by atoms with Crippen LogP contribution in [0.3, 0.4) is 0 Å². The lowest BCUT2D eigenvalue weighted by Gasteiger charge is -2.29. The van der Waals surface area contributed by atoms with Gasteiger partial charge in [-0.2, -0.15) is 0 Å². The van der Waals surface area contributed by atoms with Gasteiger partial charge in [0.05, 0.1) is 16.0 Å². The molecule has 0 bridgehead atoms. The number of rotatable bonds is 4. The second-order valence-corrected chi connectivity index (χ2v) is 5.47. The summed E-state index contributed by atoms with van der Waals surface area (Å²) in [5.74, 6) is 0. The third kappa shape index (κ3) is 3.05. The molecule has 2 rings (SSSR count). The molecule has 2 unspecified atom stereocenters. The van der Waals surface area contributed by atoms with Crippen LogP contribution in [-0.4, -0.2) is 23.2 Å². The van der Waals surface area contributed by atoms with Crippen LogP contribution in [0.25, 0.3) is 0 Å². The number of hydrogen-bond donors (Lipinski definition) is 1. The summed E-state index contributed by atoms with van der Waals surface area (Å²) in [7, 11) is 0. The van der Waals surface area contributed by atoms with E-state index in [4.69, 9.17) is 16.3 Å². The third-order valence-electron chi connectivity index (χ3n) is 3.82. The summed E-state index contributed by atoms with van der Waals surface area (Å²) in [6, 6.07) is 4.55. The summed E-state index contributed by atoms with van der Waals surface area (Å²) in [5.41, 5.74) is 0.788. The van der Waals surface area contributed by atoms with E-state index < -0.39 is 4.92 Å². The van der Waals surface area contributed by atoms with Crippen molar-refractivity contribution in [3.63, 3.8) is 0 Å². The highest BCUT2D eigenvalue weighted by Crippen LogP contribution is 2.27. The zero-order valence-corrected chi connectivity index (χ0v) is 11.7. The summed E-state index contributed by atoms with van der Waals surface area (Å²) in [6.45, 7) is 5.47. The average molecular weight is 285 g/mol. The van der Waals surface area contributed by atoms with Crippen molar-refractivity contribution in [2.45, 2.75) is 38.5 Å². The number of non-ortho nitro benzene ring substituents is 1. The Hall–Kier alpha value is -1.17. The number of nitrogens with one attached hydrogen (secondary N) is 1. The molecule has 1 fully saturated rings. The smallest absolute Gasteiger partial charge is 0.270 e. The van der Waals surface area contributed by atoms with Crippen molar-refractivity contribution < 1.29 is 9.66 Å². The van der Waals surface area contributed by atoms with E-state index >= 15 is 0 Å². The van der Waals surface area contributed by atoms with Crippen LogP contribution in [0.1, 0.15) is 25.8 Å². The van der Waals surface area contributed by atoms with Crippen LogP contribution in [0.4, 0.5) is 5.69 Å². The highest BCUT2D eigenvalue weighted by molar-refractivity contribution is 6.31. The molecule has 1 heterocycles. The molecule has 1 aliphatic rings. The van der Waals surface area contributed by atoms with Crippen molar-refractivity contribution >= 4 is 17.3 Å². The van der Waals surface area contributed by atoms with Crippen LogP contribution >= 0.6 is 11.6 Å². The van der Waals surface area contributed by atoms with E-state index in [1.165, 1.54) is 12.1 Å². The fraction of sp³-hybridized carbons (Fsp3) is 0.538. The first-order chi connectivity index (χ1) is 8.92. The van der Waals surface area contributed by atoms with Crippen LogP contribution in [0, 0.1) is 10.1 Å². The Morgan fingerprint density at radius 1 is 1.63 bits per heavy atom. The summed E-state index contributed by atoms with van der Waals surface area (Å²) >= 11 is 6.07. The Kier molecular flexibility index (Phi) is 4.08. The van der Waals surface area contributed by atoms with Gasteiger partial charge in [0.1, 0.15) is 0 Å². The monoisotopic (exact) mass is 284 g/mol. The van der Waals surface area contributed by atoms with E-state index in [1.54, 1.807) is 6.07 Å². The van der Waals surface area contributed by atoms with Crippen LogP contribution in [-0.2, 0) is 11.3 Å². The van der Waals surface area contributed by atoms with Gasteiger partial charge in [0.25, 0.3) is 5.69 Å². The van der Waals surface area contributed by atoms with E-state index in [1.807, 2.05) is 6.92 Å². The van der Waals surface area contributed by atoms with Gasteiger partial charge in [-0.3, -0.25) is 10.1 Å². The van der Waals surface area contributed by atoms with E-state index in [-0.39, 0.29) is 17.3 Å². The van der Waals surface area contributed by atoms with Gasteiger partial charge in [0, 0.05) is 30.8 Å². The van der Waals surface area contributed by atoms with E-state index in [0.717, 1.165) is 18.6 Å². The first-order valence-electron chi connectivity index (χ1n) is 6.22. The molecule has 6 heteroatoms. The zero-order chi connectivity index (χ0) is 14.0. The average Bonchev–Trinajstić information content (AvgIpc) is 2.68. The first kappa shape index (κ1) is 14.2. The van der Waals surface area contributed by atoms with Gasteiger partial charge in [0.15, 0.2) is 0 Å². The van der Waals surface area contributed by atoms with Crippen LogP contribution in [0.5, 0.6) is 0 Å². The fourth-order valence-corrected chi connectivity index (χ4v) is 2.40. The minimum Gasteiger partial charge on any atom is -0.377 e. The topological polar surface area (TPSA) is 64.4 Å². The van der Waals surface area contributed by atoms with Crippen molar-refractivity contribution in [1.82, 2.24) is 5.32 Å². The summed E-state index contributed by atoms with van der Waals surface area (Å²) in [5, 5.41) is 14.5. The Balaban J connectivity index is 2.06. The van der Waals surface area contributed by atoms with Crippen molar-refractivity contribution in [2.24, 2.45) is 0 Å². The quantitative estimate of drug-likeness (QED) is 0.682. The summed E-state index contributed by atoms with van der Waals surface area (Å²) in [4.78, 5) is 10.2. The minimum absolute atomic E-state index is 0.0116. The Bertz CT molecular complexity index is 495. The van der Waals surface area contributed by atoms with Crippen molar-refractivity contribution in [3.8, 4) is 0 Å². The molecule has 2 atom stereocenters. The number of ether oxygens (including phenoxy) is 1. The number of nitro groups is 1. The van der Waals surface area contributed by atoms with Crippen LogP contribution in [0.15, 0.2) is 18.2 Å². The van der Waals surface area contributed by atoms with Gasteiger partial charge in [-0.15, -0.1) is 0 Å². The maximum atomic E-state index is 10.6. The molecule has 1 aromatic rings. The SMILES string of the molecule is CC1OCCC1(C)NCc1ccc([N+](=O)[O-])cc1Cl. The van der Waals surface area contributed by atoms with Crippen LogP contribution < -0.4 is 5.32 Å². The Morgan fingerprint density at radius 2 is 2.37 bits per heavy atom. The maximum Gasteiger partial charge on any atom is 0.270 e. The molecular formula is C13H17ClN2O3. The molecule has 1 aliphatic heterocycles. The predicted octanol–water partition coefficient (Wildman–Crippen LogP) is 2.91. The molecule has 0 spiro atoms. The number of halogens is 1. The molecule has 0 saturated carbocycles. The Morgan fingerprint density at radius 3 is 2.89 bits per heavy atom. The number of hydrogen-bond acceptors (Lipinski definition) is 4. The highest BCUT2D eigenvalue weighted by Gasteiger charge is 2.36. The van der Waals surface area contributed by atoms with E-state index in [9.17, 15) is 10.1 Å². The molecule has 0 radical (unpaired) electrons. The first-order valence-corrected chi connectivity index (χ1v) is 6.59. The minimum atomic E-state index is -0.447. The zero-order valence-electron chi connectivity index (χ0n) is 11.0. The fourth-order valence-electron chi connectivity index (χ4n) is 2.16.